The van der Waals surface area contributed by atoms with Crippen molar-refractivity contribution < 1.29 is 4.74 Å². The molecule has 18 heavy (non-hydrogen) atoms. The number of halogens is 4. The largest absolute Gasteiger partial charge is 0.487 e. The standard InChI is InChI=1S/C13H14Cl4O/c1-3-13(2)10(17)6-11(13)18-12-8(15)4-7(14)5-9(12)16/h4-5,10-11H,3,6H2,1-2H3. The highest BCUT2D eigenvalue weighted by molar-refractivity contribution is 6.40. The molecule has 0 radical (unpaired) electrons. The van der Waals surface area contributed by atoms with Crippen LogP contribution in [0.2, 0.25) is 15.1 Å². The Labute approximate surface area is 127 Å². The second-order valence-electron chi connectivity index (χ2n) is 4.87. The van der Waals surface area contributed by atoms with E-state index in [0.29, 0.717) is 20.8 Å². The van der Waals surface area contributed by atoms with Gasteiger partial charge in [-0.2, -0.15) is 0 Å². The molecule has 0 aliphatic heterocycles. The molecule has 0 amide bonds. The molecule has 100 valence electrons. The molecule has 0 bridgehead atoms. The van der Waals surface area contributed by atoms with Gasteiger partial charge in [0.05, 0.1) is 10.0 Å². The number of hydrogen-bond donors (Lipinski definition) is 0. The summed E-state index contributed by atoms with van der Waals surface area (Å²) in [6.45, 7) is 4.23. The van der Waals surface area contributed by atoms with Crippen LogP contribution in [0.1, 0.15) is 26.7 Å². The highest BCUT2D eigenvalue weighted by atomic mass is 35.5. The average molecular weight is 328 g/mol. The number of ether oxygens (including phenoxy) is 1. The van der Waals surface area contributed by atoms with Gasteiger partial charge in [-0.1, -0.05) is 48.7 Å². The molecule has 3 atom stereocenters. The maximum Gasteiger partial charge on any atom is 0.157 e. The first-order valence-electron chi connectivity index (χ1n) is 5.83. The molecule has 0 saturated heterocycles. The summed E-state index contributed by atoms with van der Waals surface area (Å²) in [6.07, 6.45) is 1.80. The van der Waals surface area contributed by atoms with Crippen molar-refractivity contribution in [2.24, 2.45) is 5.41 Å². The SMILES string of the molecule is CCC1(C)C(Cl)CC1Oc1c(Cl)cc(Cl)cc1Cl. The molecule has 1 fully saturated rings. The summed E-state index contributed by atoms with van der Waals surface area (Å²) in [6, 6.07) is 3.26. The number of hydrogen-bond acceptors (Lipinski definition) is 1. The minimum absolute atomic E-state index is 0.0339. The van der Waals surface area contributed by atoms with Crippen LogP contribution in [-0.4, -0.2) is 11.5 Å². The van der Waals surface area contributed by atoms with Crippen molar-refractivity contribution in [3.63, 3.8) is 0 Å². The lowest BCUT2D eigenvalue weighted by atomic mass is 9.65. The third-order valence-corrected chi connectivity index (χ3v) is 5.31. The summed E-state index contributed by atoms with van der Waals surface area (Å²) < 4.78 is 5.94. The fourth-order valence-corrected chi connectivity index (χ4v) is 3.55. The molecule has 1 aromatic rings. The van der Waals surface area contributed by atoms with Crippen LogP contribution < -0.4 is 4.74 Å². The van der Waals surface area contributed by atoms with Gasteiger partial charge in [0.15, 0.2) is 5.75 Å². The summed E-state index contributed by atoms with van der Waals surface area (Å²) in [5.74, 6) is 0.496. The van der Waals surface area contributed by atoms with Crippen LogP contribution in [0.15, 0.2) is 12.1 Å². The Morgan fingerprint density at radius 3 is 2.28 bits per heavy atom. The molecular formula is C13H14Cl4O. The van der Waals surface area contributed by atoms with Crippen molar-refractivity contribution in [2.75, 3.05) is 0 Å². The topological polar surface area (TPSA) is 9.23 Å². The van der Waals surface area contributed by atoms with Crippen LogP contribution in [0.25, 0.3) is 0 Å². The van der Waals surface area contributed by atoms with Crippen LogP contribution in [0.4, 0.5) is 0 Å². The summed E-state index contributed by atoms with van der Waals surface area (Å²) in [5.41, 5.74) is -0.0339. The van der Waals surface area contributed by atoms with E-state index in [2.05, 4.69) is 13.8 Å². The molecule has 0 N–H and O–H groups in total. The first-order valence-corrected chi connectivity index (χ1v) is 7.40. The van der Waals surface area contributed by atoms with Crippen molar-refractivity contribution >= 4 is 46.4 Å². The minimum atomic E-state index is -0.0339. The zero-order valence-corrected chi connectivity index (χ0v) is 13.2. The maximum atomic E-state index is 6.26. The van der Waals surface area contributed by atoms with Crippen LogP contribution in [0.5, 0.6) is 5.75 Å². The van der Waals surface area contributed by atoms with Crippen molar-refractivity contribution in [1.29, 1.82) is 0 Å². The normalized spacial score (nSPS) is 31.0. The summed E-state index contributed by atoms with van der Waals surface area (Å²) in [4.78, 5) is 0. The average Bonchev–Trinajstić information content (AvgIpc) is 2.30. The molecule has 2 rings (SSSR count). The lowest BCUT2D eigenvalue weighted by molar-refractivity contribution is -0.0293. The second kappa shape index (κ2) is 5.28. The van der Waals surface area contributed by atoms with E-state index in [9.17, 15) is 0 Å². The van der Waals surface area contributed by atoms with Gasteiger partial charge in [0.1, 0.15) is 6.10 Å². The van der Waals surface area contributed by atoms with Crippen molar-refractivity contribution in [1.82, 2.24) is 0 Å². The van der Waals surface area contributed by atoms with Crippen LogP contribution in [0, 0.1) is 5.41 Å². The maximum absolute atomic E-state index is 6.26. The Kier molecular flexibility index (Phi) is 4.28. The Morgan fingerprint density at radius 2 is 1.83 bits per heavy atom. The molecule has 1 aliphatic rings. The fraction of sp³-hybridized carbons (Fsp3) is 0.538. The molecule has 1 nitrogen and oxygen atoms in total. The van der Waals surface area contributed by atoms with Crippen LogP contribution >= 0.6 is 46.4 Å². The van der Waals surface area contributed by atoms with Gasteiger partial charge >= 0.3 is 0 Å². The highest BCUT2D eigenvalue weighted by Crippen LogP contribution is 2.50. The zero-order chi connectivity index (χ0) is 13.5. The van der Waals surface area contributed by atoms with Gasteiger partial charge in [0, 0.05) is 22.2 Å². The first kappa shape index (κ1) is 14.6. The van der Waals surface area contributed by atoms with Crippen LogP contribution in [0.3, 0.4) is 0 Å². The third kappa shape index (κ3) is 2.43. The van der Waals surface area contributed by atoms with Gasteiger partial charge in [0.25, 0.3) is 0 Å². The molecule has 0 aromatic heterocycles. The predicted molar refractivity (Wildman–Crippen MR) is 78.5 cm³/mol. The van der Waals surface area contributed by atoms with E-state index in [4.69, 9.17) is 51.1 Å². The Balaban J connectivity index is 2.21. The van der Waals surface area contributed by atoms with E-state index >= 15 is 0 Å². The van der Waals surface area contributed by atoms with E-state index in [0.717, 1.165) is 12.8 Å². The van der Waals surface area contributed by atoms with Crippen LogP contribution in [-0.2, 0) is 0 Å². The van der Waals surface area contributed by atoms with E-state index in [1.54, 1.807) is 12.1 Å². The van der Waals surface area contributed by atoms with Gasteiger partial charge in [-0.05, 0) is 18.6 Å². The Bertz CT molecular complexity index is 439. The van der Waals surface area contributed by atoms with Crippen molar-refractivity contribution in [3.05, 3.63) is 27.2 Å². The van der Waals surface area contributed by atoms with Gasteiger partial charge < -0.3 is 4.74 Å². The lowest BCUT2D eigenvalue weighted by Crippen LogP contribution is -2.55. The Hall–Kier alpha value is 0.180. The monoisotopic (exact) mass is 326 g/mol. The van der Waals surface area contributed by atoms with E-state index in [1.807, 2.05) is 0 Å². The molecule has 1 saturated carbocycles. The summed E-state index contributed by atoms with van der Waals surface area (Å²) in [7, 11) is 0. The minimum Gasteiger partial charge on any atom is -0.487 e. The summed E-state index contributed by atoms with van der Waals surface area (Å²) in [5, 5.41) is 1.50. The van der Waals surface area contributed by atoms with Gasteiger partial charge in [-0.3, -0.25) is 0 Å². The lowest BCUT2D eigenvalue weighted by Gasteiger charge is -2.50. The molecule has 5 heteroatoms. The fourth-order valence-electron chi connectivity index (χ4n) is 2.18. The van der Waals surface area contributed by atoms with Crippen molar-refractivity contribution in [3.8, 4) is 5.75 Å². The van der Waals surface area contributed by atoms with E-state index in [-0.39, 0.29) is 16.9 Å². The molecule has 0 heterocycles. The van der Waals surface area contributed by atoms with E-state index in [1.165, 1.54) is 0 Å². The number of benzene rings is 1. The van der Waals surface area contributed by atoms with Gasteiger partial charge in [-0.15, -0.1) is 11.6 Å². The zero-order valence-electron chi connectivity index (χ0n) is 10.1. The van der Waals surface area contributed by atoms with Crippen molar-refractivity contribution in [2.45, 2.75) is 38.2 Å². The first-order chi connectivity index (χ1) is 8.38. The van der Waals surface area contributed by atoms with Gasteiger partial charge in [0.2, 0.25) is 0 Å². The molecule has 0 spiro atoms. The quantitative estimate of drug-likeness (QED) is 0.635. The Morgan fingerprint density at radius 1 is 1.28 bits per heavy atom. The molecule has 1 aromatic carbocycles. The third-order valence-electron chi connectivity index (χ3n) is 3.86. The number of alkyl halides is 1. The predicted octanol–water partition coefficient (Wildman–Crippen LogP) is 5.82. The molecular weight excluding hydrogens is 314 g/mol. The molecule has 3 unspecified atom stereocenters. The number of rotatable bonds is 3. The smallest absolute Gasteiger partial charge is 0.157 e. The van der Waals surface area contributed by atoms with Gasteiger partial charge in [-0.25, -0.2) is 0 Å². The molecule has 1 aliphatic carbocycles. The highest BCUT2D eigenvalue weighted by Gasteiger charge is 2.51. The second-order valence-corrected chi connectivity index (χ2v) is 6.65. The van der Waals surface area contributed by atoms with E-state index < -0.39 is 0 Å². The summed E-state index contributed by atoms with van der Waals surface area (Å²) >= 11 is 24.3.